The van der Waals surface area contributed by atoms with E-state index in [9.17, 15) is 4.79 Å². The minimum absolute atomic E-state index is 0.296. The van der Waals surface area contributed by atoms with Crippen LogP contribution in [0, 0.1) is 6.92 Å². The van der Waals surface area contributed by atoms with E-state index >= 15 is 0 Å². The Morgan fingerprint density at radius 3 is 2.76 bits per heavy atom. The molecule has 0 aliphatic carbocycles. The molecule has 0 saturated carbocycles. The number of nitrogens with zero attached hydrogens (tertiary/aromatic N) is 2. The quantitative estimate of drug-likeness (QED) is 0.389. The van der Waals surface area contributed by atoms with E-state index in [1.807, 2.05) is 25.1 Å². The van der Waals surface area contributed by atoms with Crippen LogP contribution in [0.5, 0.6) is 0 Å². The molecule has 0 atom stereocenters. The van der Waals surface area contributed by atoms with Crippen molar-refractivity contribution >= 4 is 51.9 Å². The number of H-pyrrole nitrogens is 1. The third-order valence-electron chi connectivity index (χ3n) is 3.99. The summed E-state index contributed by atoms with van der Waals surface area (Å²) >= 11 is 12.3. The molecular formula is C18H15Cl2N3O2. The van der Waals surface area contributed by atoms with Crippen LogP contribution in [0.4, 0.5) is 5.69 Å². The molecule has 7 heteroatoms. The molecule has 0 spiro atoms. The number of nitrogens with one attached hydrogen (secondary N) is 1. The lowest BCUT2D eigenvalue weighted by atomic mass is 10.1. The van der Waals surface area contributed by atoms with Crippen LogP contribution in [0.25, 0.3) is 10.9 Å². The second-order valence-corrected chi connectivity index (χ2v) is 6.43. The second kappa shape index (κ2) is 6.78. The summed E-state index contributed by atoms with van der Waals surface area (Å²) in [5, 5.41) is 13.6. The Kier molecular flexibility index (Phi) is 4.70. The molecule has 0 unspecified atom stereocenters. The van der Waals surface area contributed by atoms with Crippen molar-refractivity contribution in [2.24, 2.45) is 5.16 Å². The molecule has 0 bridgehead atoms. The maximum atomic E-state index is 13.0. The van der Waals surface area contributed by atoms with Gasteiger partial charge in [0.15, 0.2) is 0 Å². The number of fused-ring (bicyclic) bond motifs is 1. The number of amides is 1. The number of hydrogen-bond acceptors (Lipinski definition) is 3. The highest BCUT2D eigenvalue weighted by Crippen LogP contribution is 2.33. The highest BCUT2D eigenvalue weighted by molar-refractivity contribution is 6.44. The average Bonchev–Trinajstić information content (AvgIpc) is 2.94. The fraction of sp³-hybridized carbons (Fsp3) is 0.111. The van der Waals surface area contributed by atoms with Crippen LogP contribution < -0.4 is 4.90 Å². The molecule has 5 nitrogen and oxygen atoms in total. The summed E-state index contributed by atoms with van der Waals surface area (Å²) < 4.78 is 0. The minimum Gasteiger partial charge on any atom is -0.411 e. The summed E-state index contributed by atoms with van der Waals surface area (Å²) in [6.07, 6.45) is 1.25. The summed E-state index contributed by atoms with van der Waals surface area (Å²) in [5.41, 5.74) is 3.10. The first-order valence-electron chi connectivity index (χ1n) is 7.46. The average molecular weight is 376 g/mol. The van der Waals surface area contributed by atoms with Gasteiger partial charge in [-0.05, 0) is 31.2 Å². The van der Waals surface area contributed by atoms with Crippen molar-refractivity contribution in [1.29, 1.82) is 0 Å². The van der Waals surface area contributed by atoms with Crippen molar-refractivity contribution in [3.63, 3.8) is 0 Å². The van der Waals surface area contributed by atoms with E-state index < -0.39 is 0 Å². The molecule has 1 amide bonds. The first-order chi connectivity index (χ1) is 11.9. The first kappa shape index (κ1) is 17.3. The number of anilines is 1. The second-order valence-electron chi connectivity index (χ2n) is 5.64. The number of aromatic nitrogens is 1. The monoisotopic (exact) mass is 375 g/mol. The van der Waals surface area contributed by atoms with Crippen LogP contribution in [-0.4, -0.2) is 29.4 Å². The molecule has 3 rings (SSSR count). The van der Waals surface area contributed by atoms with E-state index in [4.69, 9.17) is 28.4 Å². The van der Waals surface area contributed by atoms with E-state index in [1.165, 1.54) is 11.1 Å². The fourth-order valence-electron chi connectivity index (χ4n) is 2.72. The summed E-state index contributed by atoms with van der Waals surface area (Å²) in [5.74, 6) is -0.326. The maximum Gasteiger partial charge on any atom is 0.275 e. The van der Waals surface area contributed by atoms with Gasteiger partial charge in [0.25, 0.3) is 5.91 Å². The lowest BCUT2D eigenvalue weighted by Crippen LogP contribution is -2.27. The van der Waals surface area contributed by atoms with Crippen LogP contribution in [0.15, 0.2) is 41.6 Å². The molecule has 0 radical (unpaired) electrons. The minimum atomic E-state index is -0.326. The Bertz CT molecular complexity index is 995. The van der Waals surface area contributed by atoms with E-state index in [-0.39, 0.29) is 5.91 Å². The largest absolute Gasteiger partial charge is 0.411 e. The van der Waals surface area contributed by atoms with E-state index in [1.54, 1.807) is 25.2 Å². The number of oxime groups is 1. The lowest BCUT2D eigenvalue weighted by molar-refractivity contribution is 0.0989. The topological polar surface area (TPSA) is 68.7 Å². The van der Waals surface area contributed by atoms with Crippen LogP contribution >= 0.6 is 23.2 Å². The van der Waals surface area contributed by atoms with Gasteiger partial charge in [-0.3, -0.25) is 4.79 Å². The van der Waals surface area contributed by atoms with Crippen molar-refractivity contribution < 1.29 is 10.0 Å². The normalized spacial score (nSPS) is 11.4. The third kappa shape index (κ3) is 3.08. The van der Waals surface area contributed by atoms with Gasteiger partial charge in [0.1, 0.15) is 5.69 Å². The zero-order valence-electron chi connectivity index (χ0n) is 13.5. The predicted octanol–water partition coefficient (Wildman–Crippen LogP) is 4.87. The summed E-state index contributed by atoms with van der Waals surface area (Å²) in [6, 6.07) is 10.8. The number of hydrogen-bond donors (Lipinski definition) is 2. The van der Waals surface area contributed by atoms with Crippen molar-refractivity contribution in [3.8, 4) is 0 Å². The first-order valence-corrected chi connectivity index (χ1v) is 8.21. The molecule has 128 valence electrons. The molecule has 0 saturated heterocycles. The SMILES string of the molecule is Cc1ccc2[nH]c(C(=O)N(C)c3cccc(Cl)c3Cl)c(C=NO)c2c1. The van der Waals surface area contributed by atoms with Crippen molar-refractivity contribution in [1.82, 2.24) is 4.98 Å². The maximum absolute atomic E-state index is 13.0. The van der Waals surface area contributed by atoms with Crippen LogP contribution in [0.1, 0.15) is 21.6 Å². The Morgan fingerprint density at radius 1 is 1.28 bits per heavy atom. The number of carbonyl (C=O) groups excluding carboxylic acids is 1. The fourth-order valence-corrected chi connectivity index (χ4v) is 3.14. The Balaban J connectivity index is 2.13. The standard InChI is InChI=1S/C18H15Cl2N3O2/c1-10-6-7-14-11(8-10)12(9-21-25)17(22-14)18(24)23(2)15-5-3-4-13(19)16(15)20/h3-9,22,25H,1-2H3. The van der Waals surface area contributed by atoms with Crippen LogP contribution in [0.3, 0.4) is 0 Å². The molecule has 2 aromatic carbocycles. The van der Waals surface area contributed by atoms with Gasteiger partial charge in [-0.25, -0.2) is 0 Å². The molecule has 3 aromatic rings. The number of rotatable bonds is 3. The highest BCUT2D eigenvalue weighted by Gasteiger charge is 2.23. The smallest absolute Gasteiger partial charge is 0.275 e. The number of halogens is 2. The lowest BCUT2D eigenvalue weighted by Gasteiger charge is -2.19. The number of carbonyl (C=O) groups is 1. The molecule has 0 fully saturated rings. The van der Waals surface area contributed by atoms with E-state index in [2.05, 4.69) is 10.1 Å². The molecule has 2 N–H and O–H groups in total. The van der Waals surface area contributed by atoms with Crippen molar-refractivity contribution in [2.45, 2.75) is 6.92 Å². The zero-order valence-corrected chi connectivity index (χ0v) is 15.1. The van der Waals surface area contributed by atoms with Gasteiger partial charge < -0.3 is 15.1 Å². The Morgan fingerprint density at radius 2 is 2.04 bits per heavy atom. The predicted molar refractivity (Wildman–Crippen MR) is 102 cm³/mol. The molecule has 25 heavy (non-hydrogen) atoms. The van der Waals surface area contributed by atoms with Gasteiger partial charge in [-0.15, -0.1) is 0 Å². The van der Waals surface area contributed by atoms with Crippen molar-refractivity contribution in [2.75, 3.05) is 11.9 Å². The number of benzene rings is 2. The Labute approximate surface area is 154 Å². The van der Waals surface area contributed by atoms with Crippen LogP contribution in [0.2, 0.25) is 10.0 Å². The Hall–Kier alpha value is -2.50. The van der Waals surface area contributed by atoms with Crippen LogP contribution in [-0.2, 0) is 0 Å². The number of aromatic amines is 1. The molecular weight excluding hydrogens is 361 g/mol. The van der Waals surface area contributed by atoms with Gasteiger partial charge in [0, 0.05) is 23.5 Å². The number of aryl methyl sites for hydroxylation is 1. The van der Waals surface area contributed by atoms with Gasteiger partial charge in [0.05, 0.1) is 21.9 Å². The van der Waals surface area contributed by atoms with Gasteiger partial charge in [0.2, 0.25) is 0 Å². The summed E-state index contributed by atoms with van der Waals surface area (Å²) in [6.45, 7) is 1.95. The zero-order chi connectivity index (χ0) is 18.1. The van der Waals surface area contributed by atoms with Crippen molar-refractivity contribution in [3.05, 3.63) is 63.3 Å². The molecule has 0 aliphatic rings. The summed E-state index contributed by atoms with van der Waals surface area (Å²) in [7, 11) is 1.61. The molecule has 1 heterocycles. The molecule has 1 aromatic heterocycles. The van der Waals surface area contributed by atoms with Gasteiger partial charge >= 0.3 is 0 Å². The van der Waals surface area contributed by atoms with Gasteiger partial charge in [-0.2, -0.15) is 0 Å². The van der Waals surface area contributed by atoms with Gasteiger partial charge in [-0.1, -0.05) is 46.1 Å². The van der Waals surface area contributed by atoms with E-state index in [0.717, 1.165) is 16.5 Å². The van der Waals surface area contributed by atoms with E-state index in [0.29, 0.717) is 27.0 Å². The highest BCUT2D eigenvalue weighted by atomic mass is 35.5. The summed E-state index contributed by atoms with van der Waals surface area (Å²) in [4.78, 5) is 17.5. The third-order valence-corrected chi connectivity index (χ3v) is 4.80. The molecule has 0 aliphatic heterocycles.